The van der Waals surface area contributed by atoms with E-state index in [1.54, 1.807) is 11.0 Å². The monoisotopic (exact) mass is 333 g/mol. The van der Waals surface area contributed by atoms with Crippen LogP contribution in [0.4, 0.5) is 8.78 Å². The van der Waals surface area contributed by atoms with E-state index in [2.05, 4.69) is 20.2 Å². The molecule has 9 heteroatoms. The molecule has 3 aromatic rings. The molecular weight excluding hydrogens is 320 g/mol. The molecule has 0 saturated carbocycles. The van der Waals surface area contributed by atoms with Crippen molar-refractivity contribution < 1.29 is 17.6 Å². The highest BCUT2D eigenvalue weighted by molar-refractivity contribution is 5.43. The Bertz CT molecular complexity index is 806. The molecule has 3 aromatic heterocycles. The fraction of sp³-hybridized carbons (Fsp3) is 0.333. The molecular formula is C15H13F2N5O2. The summed E-state index contributed by atoms with van der Waals surface area (Å²) in [4.78, 5) is 9.60. The van der Waals surface area contributed by atoms with Gasteiger partial charge in [-0.05, 0) is 6.07 Å². The molecule has 4 rings (SSSR count). The van der Waals surface area contributed by atoms with Gasteiger partial charge in [-0.1, -0.05) is 0 Å². The zero-order valence-corrected chi connectivity index (χ0v) is 12.5. The maximum atomic E-state index is 13.9. The summed E-state index contributed by atoms with van der Waals surface area (Å²) in [6.45, 7) is -0.0503. The average molecular weight is 333 g/mol. The Labute approximate surface area is 135 Å². The van der Waals surface area contributed by atoms with E-state index >= 15 is 0 Å². The molecule has 0 N–H and O–H groups in total. The summed E-state index contributed by atoms with van der Waals surface area (Å²) in [5.41, 5.74) is 1.22. The van der Waals surface area contributed by atoms with Crippen molar-refractivity contribution in [2.75, 3.05) is 6.54 Å². The highest BCUT2D eigenvalue weighted by atomic mass is 19.3. The minimum absolute atomic E-state index is 0.149. The number of furan rings is 1. The van der Waals surface area contributed by atoms with Gasteiger partial charge in [0, 0.05) is 30.9 Å². The van der Waals surface area contributed by atoms with Gasteiger partial charge in [0.05, 0.1) is 31.3 Å². The van der Waals surface area contributed by atoms with Crippen molar-refractivity contribution in [3.05, 3.63) is 48.6 Å². The van der Waals surface area contributed by atoms with E-state index in [0.717, 1.165) is 5.56 Å². The van der Waals surface area contributed by atoms with Crippen molar-refractivity contribution in [2.45, 2.75) is 24.9 Å². The second-order valence-corrected chi connectivity index (χ2v) is 5.65. The van der Waals surface area contributed by atoms with E-state index < -0.39 is 12.0 Å². The quantitative estimate of drug-likeness (QED) is 0.726. The van der Waals surface area contributed by atoms with E-state index in [0.29, 0.717) is 12.2 Å². The summed E-state index contributed by atoms with van der Waals surface area (Å²) in [6, 6.07) is 1.08. The topological polar surface area (TPSA) is 81.1 Å². The molecule has 0 aromatic carbocycles. The number of alkyl halides is 2. The van der Waals surface area contributed by atoms with E-state index in [-0.39, 0.29) is 24.7 Å². The third kappa shape index (κ3) is 2.90. The van der Waals surface area contributed by atoms with Crippen LogP contribution in [-0.4, -0.2) is 37.5 Å². The van der Waals surface area contributed by atoms with Crippen LogP contribution < -0.4 is 0 Å². The van der Waals surface area contributed by atoms with Gasteiger partial charge in [0.1, 0.15) is 5.69 Å². The van der Waals surface area contributed by atoms with Gasteiger partial charge >= 0.3 is 0 Å². The molecule has 24 heavy (non-hydrogen) atoms. The summed E-state index contributed by atoms with van der Waals surface area (Å²) in [5, 5.41) is 7.84. The van der Waals surface area contributed by atoms with Crippen LogP contribution in [0.2, 0.25) is 0 Å². The summed E-state index contributed by atoms with van der Waals surface area (Å²) in [6.07, 6.45) is 7.17. The predicted molar refractivity (Wildman–Crippen MR) is 76.7 cm³/mol. The molecule has 1 fully saturated rings. The van der Waals surface area contributed by atoms with Gasteiger partial charge in [0.25, 0.3) is 11.8 Å². The Hall–Kier alpha value is -2.68. The SMILES string of the molecule is FC1(F)C[C@@H](c2nnc(-c3cnccn3)o2)N(Cc2ccoc2)C1. The van der Waals surface area contributed by atoms with Crippen molar-refractivity contribution in [1.29, 1.82) is 0 Å². The van der Waals surface area contributed by atoms with Crippen molar-refractivity contribution >= 4 is 0 Å². The Morgan fingerprint density at radius 2 is 2.21 bits per heavy atom. The van der Waals surface area contributed by atoms with Gasteiger partial charge < -0.3 is 8.83 Å². The van der Waals surface area contributed by atoms with Crippen LogP contribution in [0.25, 0.3) is 11.6 Å². The van der Waals surface area contributed by atoms with Gasteiger partial charge in [-0.25, -0.2) is 13.8 Å². The molecule has 1 saturated heterocycles. The molecule has 1 aliphatic heterocycles. The summed E-state index contributed by atoms with van der Waals surface area (Å²) < 4.78 is 38.4. The molecule has 7 nitrogen and oxygen atoms in total. The fourth-order valence-electron chi connectivity index (χ4n) is 2.79. The molecule has 0 unspecified atom stereocenters. The van der Waals surface area contributed by atoms with Crippen molar-refractivity contribution in [3.63, 3.8) is 0 Å². The minimum atomic E-state index is -2.81. The minimum Gasteiger partial charge on any atom is -0.472 e. The Morgan fingerprint density at radius 3 is 2.96 bits per heavy atom. The van der Waals surface area contributed by atoms with E-state index in [1.807, 2.05) is 0 Å². The number of rotatable bonds is 4. The first-order valence-electron chi connectivity index (χ1n) is 7.33. The Morgan fingerprint density at radius 1 is 1.29 bits per heavy atom. The second kappa shape index (κ2) is 5.75. The molecule has 4 heterocycles. The largest absolute Gasteiger partial charge is 0.472 e. The molecule has 0 amide bonds. The van der Waals surface area contributed by atoms with Gasteiger partial charge in [-0.15, -0.1) is 10.2 Å². The zero-order valence-electron chi connectivity index (χ0n) is 12.5. The summed E-state index contributed by atoms with van der Waals surface area (Å²) in [5.74, 6) is -2.50. The Kier molecular flexibility index (Phi) is 3.57. The molecule has 124 valence electrons. The van der Waals surface area contributed by atoms with Gasteiger partial charge in [-0.3, -0.25) is 9.88 Å². The lowest BCUT2D eigenvalue weighted by molar-refractivity contribution is 0.0112. The van der Waals surface area contributed by atoms with Crippen molar-refractivity contribution in [3.8, 4) is 11.6 Å². The van der Waals surface area contributed by atoms with E-state index in [4.69, 9.17) is 8.83 Å². The maximum absolute atomic E-state index is 13.9. The molecule has 0 spiro atoms. The van der Waals surface area contributed by atoms with Crippen LogP contribution in [0.5, 0.6) is 0 Å². The highest BCUT2D eigenvalue weighted by Crippen LogP contribution is 2.41. The molecule has 0 bridgehead atoms. The molecule has 0 aliphatic carbocycles. The first-order valence-corrected chi connectivity index (χ1v) is 7.33. The lowest BCUT2D eigenvalue weighted by Gasteiger charge is -2.19. The van der Waals surface area contributed by atoms with Crippen molar-refractivity contribution in [2.24, 2.45) is 0 Å². The van der Waals surface area contributed by atoms with Crippen molar-refractivity contribution in [1.82, 2.24) is 25.1 Å². The number of halogens is 2. The number of likely N-dealkylation sites (tertiary alicyclic amines) is 1. The van der Waals surface area contributed by atoms with Crippen LogP contribution in [0.15, 0.2) is 46.0 Å². The first-order chi connectivity index (χ1) is 11.6. The second-order valence-electron chi connectivity index (χ2n) is 5.65. The lowest BCUT2D eigenvalue weighted by atomic mass is 10.2. The van der Waals surface area contributed by atoms with Gasteiger partial charge in [-0.2, -0.15) is 0 Å². The number of aromatic nitrogens is 4. The summed E-state index contributed by atoms with van der Waals surface area (Å²) in [7, 11) is 0. The van der Waals surface area contributed by atoms with Crippen LogP contribution in [0, 0.1) is 0 Å². The third-order valence-electron chi connectivity index (χ3n) is 3.84. The molecule has 1 atom stereocenters. The van der Waals surface area contributed by atoms with Crippen LogP contribution >= 0.6 is 0 Å². The maximum Gasteiger partial charge on any atom is 0.267 e. The van der Waals surface area contributed by atoms with Crippen LogP contribution in [0.3, 0.4) is 0 Å². The smallest absolute Gasteiger partial charge is 0.267 e. The first kappa shape index (κ1) is 14.9. The molecule has 0 radical (unpaired) electrons. The summed E-state index contributed by atoms with van der Waals surface area (Å²) >= 11 is 0. The van der Waals surface area contributed by atoms with E-state index in [1.165, 1.54) is 31.1 Å². The fourth-order valence-corrected chi connectivity index (χ4v) is 2.79. The standard InChI is InChI=1S/C15H13F2N5O2/c16-15(17)5-12(22(9-15)7-10-1-4-23-8-10)14-21-20-13(24-14)11-6-18-2-3-19-11/h1-4,6,8,12H,5,7,9H2/t12-/m0/s1. The van der Waals surface area contributed by atoms with E-state index in [9.17, 15) is 8.78 Å². The van der Waals surface area contributed by atoms with Crippen LogP contribution in [-0.2, 0) is 6.54 Å². The van der Waals surface area contributed by atoms with Gasteiger partial charge in [0.15, 0.2) is 0 Å². The number of hydrogen-bond donors (Lipinski definition) is 0. The Balaban J connectivity index is 1.60. The molecule has 1 aliphatic rings. The van der Waals surface area contributed by atoms with Gasteiger partial charge in [0.2, 0.25) is 5.89 Å². The lowest BCUT2D eigenvalue weighted by Crippen LogP contribution is -2.26. The highest BCUT2D eigenvalue weighted by Gasteiger charge is 2.47. The third-order valence-corrected chi connectivity index (χ3v) is 3.84. The normalized spacial score (nSPS) is 20.5. The zero-order chi connectivity index (χ0) is 16.6. The predicted octanol–water partition coefficient (Wildman–Crippen LogP) is 2.70. The van der Waals surface area contributed by atoms with Crippen LogP contribution in [0.1, 0.15) is 23.9 Å². The number of nitrogens with zero attached hydrogens (tertiary/aromatic N) is 5. The number of hydrogen-bond acceptors (Lipinski definition) is 7. The average Bonchev–Trinajstić information content (AvgIpc) is 3.29.